The van der Waals surface area contributed by atoms with Crippen LogP contribution in [0.25, 0.3) is 5.69 Å². The van der Waals surface area contributed by atoms with Crippen molar-refractivity contribution in [3.63, 3.8) is 0 Å². The molecule has 4 rings (SSSR count). The van der Waals surface area contributed by atoms with E-state index in [1.807, 2.05) is 48.0 Å². The Bertz CT molecular complexity index is 1080. The third-order valence-electron chi connectivity index (χ3n) is 6.52. The highest BCUT2D eigenvalue weighted by Crippen LogP contribution is 2.23. The van der Waals surface area contributed by atoms with Gasteiger partial charge in [0.05, 0.1) is 24.5 Å². The van der Waals surface area contributed by atoms with E-state index in [2.05, 4.69) is 65.7 Å². The molecule has 2 aromatic carbocycles. The predicted molar refractivity (Wildman–Crippen MR) is 137 cm³/mol. The fraction of sp³-hybridized carbons (Fsp3) is 0.429. The van der Waals surface area contributed by atoms with Crippen LogP contribution < -0.4 is 10.6 Å². The van der Waals surface area contributed by atoms with Crippen molar-refractivity contribution in [2.24, 2.45) is 0 Å². The van der Waals surface area contributed by atoms with Crippen LogP contribution in [0.5, 0.6) is 0 Å². The van der Waals surface area contributed by atoms with Gasteiger partial charge in [-0.1, -0.05) is 63.2 Å². The van der Waals surface area contributed by atoms with E-state index in [0.29, 0.717) is 12.7 Å². The van der Waals surface area contributed by atoms with Gasteiger partial charge in [0.2, 0.25) is 5.91 Å². The Morgan fingerprint density at radius 3 is 2.56 bits per heavy atom. The summed E-state index contributed by atoms with van der Waals surface area (Å²) in [6, 6.07) is 21.3. The summed E-state index contributed by atoms with van der Waals surface area (Å²) in [6.07, 6.45) is 1.25. The minimum Gasteiger partial charge on any atom is -0.343 e. The second kappa shape index (κ2) is 10.5. The number of hydrogen-bond donors (Lipinski definition) is 2. The van der Waals surface area contributed by atoms with Gasteiger partial charge < -0.3 is 10.6 Å². The molecule has 0 spiro atoms. The fourth-order valence-electron chi connectivity index (χ4n) is 4.50. The first-order valence-corrected chi connectivity index (χ1v) is 12.2. The Kier molecular flexibility index (Phi) is 7.49. The lowest BCUT2D eigenvalue weighted by molar-refractivity contribution is -0.121. The highest BCUT2D eigenvalue weighted by molar-refractivity contribution is 5.78. The smallest absolute Gasteiger partial charge is 0.227 e. The zero-order chi connectivity index (χ0) is 24.1. The van der Waals surface area contributed by atoms with Crippen LogP contribution in [0.4, 0.5) is 0 Å². The van der Waals surface area contributed by atoms with Gasteiger partial charge in [0.15, 0.2) is 0 Å². The first kappa shape index (κ1) is 24.2. The maximum atomic E-state index is 12.7. The molecule has 1 atom stereocenters. The average Bonchev–Trinajstić information content (AvgIpc) is 3.18. The number of amides is 1. The van der Waals surface area contributed by atoms with Crippen molar-refractivity contribution >= 4 is 5.91 Å². The monoisotopic (exact) mass is 459 g/mol. The summed E-state index contributed by atoms with van der Waals surface area (Å²) in [5.74, 6) is 0.00419. The second-order valence-electron chi connectivity index (χ2n) is 10.3. The molecule has 1 amide bonds. The molecule has 1 unspecified atom stereocenters. The molecule has 180 valence electrons. The van der Waals surface area contributed by atoms with E-state index in [0.717, 1.165) is 43.1 Å². The van der Waals surface area contributed by atoms with E-state index < -0.39 is 0 Å². The molecule has 2 heterocycles. The molecule has 1 fully saturated rings. The summed E-state index contributed by atoms with van der Waals surface area (Å²) >= 11 is 0. The Morgan fingerprint density at radius 1 is 1.12 bits per heavy atom. The first-order chi connectivity index (χ1) is 16.3. The van der Waals surface area contributed by atoms with Crippen molar-refractivity contribution in [1.82, 2.24) is 25.3 Å². The van der Waals surface area contributed by atoms with Gasteiger partial charge in [-0.3, -0.25) is 9.69 Å². The quantitative estimate of drug-likeness (QED) is 0.567. The number of carbonyl (C=O) groups is 1. The molecule has 34 heavy (non-hydrogen) atoms. The topological polar surface area (TPSA) is 62.2 Å². The number of hydrogen-bond acceptors (Lipinski definition) is 4. The van der Waals surface area contributed by atoms with Crippen LogP contribution in [0.1, 0.15) is 43.3 Å². The van der Waals surface area contributed by atoms with Gasteiger partial charge in [-0.15, -0.1) is 0 Å². The summed E-state index contributed by atoms with van der Waals surface area (Å²) in [7, 11) is 0. The van der Waals surface area contributed by atoms with Crippen LogP contribution in [0.15, 0.2) is 60.7 Å². The van der Waals surface area contributed by atoms with Crippen LogP contribution in [0, 0.1) is 6.92 Å². The Balaban J connectivity index is 1.32. The van der Waals surface area contributed by atoms with Crippen molar-refractivity contribution in [3.8, 4) is 5.69 Å². The van der Waals surface area contributed by atoms with Gasteiger partial charge in [0.25, 0.3) is 0 Å². The lowest BCUT2D eigenvalue weighted by Gasteiger charge is -2.36. The second-order valence-corrected chi connectivity index (χ2v) is 10.3. The van der Waals surface area contributed by atoms with Crippen LogP contribution in [0.2, 0.25) is 0 Å². The lowest BCUT2D eigenvalue weighted by atomic mass is 9.86. The number of aryl methyl sites for hydroxylation is 1. The van der Waals surface area contributed by atoms with E-state index in [-0.39, 0.29) is 17.7 Å². The molecular weight excluding hydrogens is 422 g/mol. The van der Waals surface area contributed by atoms with Crippen molar-refractivity contribution in [3.05, 3.63) is 83.2 Å². The predicted octanol–water partition coefficient (Wildman–Crippen LogP) is 3.61. The highest BCUT2D eigenvalue weighted by Gasteiger charge is 2.23. The molecule has 0 aliphatic carbocycles. The van der Waals surface area contributed by atoms with E-state index in [1.54, 1.807) is 0 Å². The SMILES string of the molecule is Cc1cc(CC(=O)NCN2CCNCC2Cc2ccc(C(C)(C)C)cc2)nn1-c1ccccc1. The molecule has 1 aliphatic rings. The highest BCUT2D eigenvalue weighted by atomic mass is 16.1. The van der Waals surface area contributed by atoms with Gasteiger partial charge in [0.1, 0.15) is 0 Å². The largest absolute Gasteiger partial charge is 0.343 e. The van der Waals surface area contributed by atoms with Crippen molar-refractivity contribution in [2.75, 3.05) is 26.3 Å². The number of nitrogens with one attached hydrogen (secondary N) is 2. The number of para-hydroxylation sites is 1. The van der Waals surface area contributed by atoms with E-state index in [4.69, 9.17) is 0 Å². The third-order valence-corrected chi connectivity index (χ3v) is 6.52. The molecule has 6 nitrogen and oxygen atoms in total. The van der Waals surface area contributed by atoms with E-state index in [1.165, 1.54) is 11.1 Å². The molecular formula is C28H37N5O. The standard InChI is InChI=1S/C28H37N5O/c1-21-16-24(31-33(21)25-8-6-5-7-9-25)18-27(34)30-20-32-15-14-29-19-26(32)17-22-10-12-23(13-11-22)28(2,3)4/h5-13,16,26,29H,14-15,17-20H2,1-4H3,(H,30,34). The number of piperazine rings is 1. The van der Waals surface area contributed by atoms with Gasteiger partial charge >= 0.3 is 0 Å². The summed E-state index contributed by atoms with van der Waals surface area (Å²) < 4.78 is 1.89. The van der Waals surface area contributed by atoms with Crippen LogP contribution >= 0.6 is 0 Å². The average molecular weight is 460 g/mol. The van der Waals surface area contributed by atoms with Gasteiger partial charge in [-0.2, -0.15) is 5.10 Å². The Morgan fingerprint density at radius 2 is 1.85 bits per heavy atom. The van der Waals surface area contributed by atoms with Crippen molar-refractivity contribution in [1.29, 1.82) is 0 Å². The molecule has 3 aromatic rings. The first-order valence-electron chi connectivity index (χ1n) is 12.2. The summed E-state index contributed by atoms with van der Waals surface area (Å²) in [5.41, 5.74) is 5.66. The number of nitrogens with zero attached hydrogens (tertiary/aromatic N) is 3. The molecule has 0 bridgehead atoms. The molecule has 0 saturated carbocycles. The van der Waals surface area contributed by atoms with Crippen LogP contribution in [-0.2, 0) is 23.1 Å². The molecule has 2 N–H and O–H groups in total. The summed E-state index contributed by atoms with van der Waals surface area (Å²) in [6.45, 7) is 12.1. The third kappa shape index (κ3) is 6.13. The van der Waals surface area contributed by atoms with E-state index >= 15 is 0 Å². The van der Waals surface area contributed by atoms with Crippen LogP contribution in [0.3, 0.4) is 0 Å². The number of carbonyl (C=O) groups excluding carboxylic acids is 1. The lowest BCUT2D eigenvalue weighted by Crippen LogP contribution is -2.55. The summed E-state index contributed by atoms with van der Waals surface area (Å²) in [4.78, 5) is 15.1. The maximum absolute atomic E-state index is 12.7. The molecule has 1 aromatic heterocycles. The molecule has 6 heteroatoms. The Hall–Kier alpha value is -2.96. The van der Waals surface area contributed by atoms with Gasteiger partial charge in [-0.05, 0) is 48.1 Å². The van der Waals surface area contributed by atoms with Crippen molar-refractivity contribution in [2.45, 2.75) is 52.0 Å². The minimum atomic E-state index is 0.00419. The summed E-state index contributed by atoms with van der Waals surface area (Å²) in [5, 5.41) is 11.3. The molecule has 1 saturated heterocycles. The zero-order valence-corrected chi connectivity index (χ0v) is 20.8. The maximum Gasteiger partial charge on any atom is 0.227 e. The zero-order valence-electron chi connectivity index (χ0n) is 20.8. The number of rotatable bonds is 7. The number of benzene rings is 2. The minimum absolute atomic E-state index is 0.00419. The van der Waals surface area contributed by atoms with Crippen molar-refractivity contribution < 1.29 is 4.79 Å². The van der Waals surface area contributed by atoms with Gasteiger partial charge in [0, 0.05) is 31.4 Å². The van der Waals surface area contributed by atoms with Gasteiger partial charge in [-0.25, -0.2) is 4.68 Å². The number of aromatic nitrogens is 2. The van der Waals surface area contributed by atoms with E-state index in [9.17, 15) is 4.79 Å². The normalized spacial score (nSPS) is 17.0. The Labute approximate surface area is 203 Å². The fourth-order valence-corrected chi connectivity index (χ4v) is 4.50. The molecule has 1 aliphatic heterocycles. The van der Waals surface area contributed by atoms with Crippen LogP contribution in [-0.4, -0.2) is 52.9 Å². The molecule has 0 radical (unpaired) electrons.